The third-order valence-electron chi connectivity index (χ3n) is 1.58. The molecule has 0 bridgehead atoms. The van der Waals surface area contributed by atoms with Crippen LogP contribution >= 0.6 is 0 Å². The predicted molar refractivity (Wildman–Crippen MR) is 46.2 cm³/mol. The van der Waals surface area contributed by atoms with Gasteiger partial charge in [-0.05, 0) is 16.7 Å². The normalized spacial score (nSPS) is 9.00. The van der Waals surface area contributed by atoms with Gasteiger partial charge in [-0.15, -0.1) is 18.2 Å². The molecule has 1 aromatic carbocycles. The largest absolute Gasteiger partial charge is 0.513 e. The van der Waals surface area contributed by atoms with Gasteiger partial charge in [-0.25, -0.2) is 4.79 Å². The molecule has 16 heavy (non-hydrogen) atoms. The maximum Gasteiger partial charge on any atom is 0.320 e. The number of rotatable bonds is 3. The molecule has 7 heteroatoms. The first-order valence-electron chi connectivity index (χ1n) is 3.69. The molecule has 0 aromatic heterocycles. The Hall–Kier alpha value is -1.68. The predicted octanol–water partition coefficient (Wildman–Crippen LogP) is 0.579. The van der Waals surface area contributed by atoms with E-state index in [1.807, 2.05) is 0 Å². The summed E-state index contributed by atoms with van der Waals surface area (Å²) in [6, 6.07) is 3.76. The van der Waals surface area contributed by atoms with Crippen LogP contribution in [0, 0.1) is 6.07 Å². The molecule has 0 fully saturated rings. The summed E-state index contributed by atoms with van der Waals surface area (Å²) in [5, 5.41) is 25.8. The van der Waals surface area contributed by atoms with Gasteiger partial charge in [-0.2, -0.15) is 0 Å². The Morgan fingerprint density at radius 1 is 0.875 bits per heavy atom. The quantitative estimate of drug-likeness (QED) is 0.556. The molecule has 6 nitrogen and oxygen atoms in total. The Kier molecular flexibility index (Phi) is 4.85. The summed E-state index contributed by atoms with van der Waals surface area (Å²) < 4.78 is 0. The Bertz CT molecular complexity index is 374. The monoisotopic (exact) mass is 307 g/mol. The second kappa shape index (κ2) is 5.42. The summed E-state index contributed by atoms with van der Waals surface area (Å²) >= 11 is 0. The van der Waals surface area contributed by atoms with Gasteiger partial charge in [0.25, 0.3) is 11.9 Å². The molecule has 0 radical (unpaired) electrons. The van der Waals surface area contributed by atoms with Crippen LogP contribution in [0.15, 0.2) is 12.1 Å². The second-order valence-corrected chi connectivity index (χ2v) is 2.61. The van der Waals surface area contributed by atoms with Gasteiger partial charge in [0, 0.05) is 21.1 Å². The van der Waals surface area contributed by atoms with Crippen molar-refractivity contribution in [3.63, 3.8) is 0 Å². The number of benzene rings is 1. The van der Waals surface area contributed by atoms with Crippen molar-refractivity contribution in [2.75, 3.05) is 0 Å². The van der Waals surface area contributed by atoms with Crippen LogP contribution in [0.3, 0.4) is 0 Å². The molecular weight excluding hydrogens is 300 g/mol. The van der Waals surface area contributed by atoms with E-state index in [2.05, 4.69) is 6.07 Å². The van der Waals surface area contributed by atoms with Gasteiger partial charge >= 0.3 is 5.97 Å². The number of carbonyl (C=O) groups is 3. The first-order chi connectivity index (χ1) is 6.91. The average Bonchev–Trinajstić information content (AvgIpc) is 2.16. The fourth-order valence-corrected chi connectivity index (χ4v) is 0.924. The van der Waals surface area contributed by atoms with Crippen LogP contribution in [-0.4, -0.2) is 33.2 Å². The van der Waals surface area contributed by atoms with Gasteiger partial charge in [0.05, 0.1) is 0 Å². The van der Waals surface area contributed by atoms with Gasteiger partial charge in [0.15, 0.2) is 0 Å². The van der Waals surface area contributed by atoms with E-state index in [0.717, 1.165) is 12.1 Å². The molecule has 0 saturated carbocycles. The molecule has 1 aromatic rings. The number of carboxylic acid groups (broad SMARTS) is 3. The SMILES string of the molecule is O=C(O)c1[c-]c(C(=O)O)cc(C(=O)O)c1.[Mo]. The minimum atomic E-state index is -1.43. The smallest absolute Gasteiger partial charge is 0.320 e. The molecule has 1 rings (SSSR count). The topological polar surface area (TPSA) is 112 Å². The fraction of sp³-hybridized carbons (Fsp3) is 0. The van der Waals surface area contributed by atoms with Crippen LogP contribution in [0.2, 0.25) is 0 Å². The molecule has 0 atom stereocenters. The average molecular weight is 305 g/mol. The number of hydrogen-bond donors (Lipinski definition) is 3. The number of carboxylic acids is 3. The van der Waals surface area contributed by atoms with Gasteiger partial charge in [-0.1, -0.05) is 0 Å². The van der Waals surface area contributed by atoms with Crippen molar-refractivity contribution in [2.24, 2.45) is 0 Å². The van der Waals surface area contributed by atoms with Gasteiger partial charge in [0.1, 0.15) is 0 Å². The molecule has 0 saturated heterocycles. The molecule has 84 valence electrons. The van der Waals surface area contributed by atoms with Crippen molar-refractivity contribution < 1.29 is 50.8 Å². The summed E-state index contributed by atoms with van der Waals surface area (Å²) in [6.07, 6.45) is 0. The van der Waals surface area contributed by atoms with Crippen LogP contribution < -0.4 is 0 Å². The minimum Gasteiger partial charge on any atom is -0.513 e. The summed E-state index contributed by atoms with van der Waals surface area (Å²) in [4.78, 5) is 31.6. The molecule has 0 spiro atoms. The standard InChI is InChI=1S/C9H5O6.Mo/c10-7(11)4-1-5(8(12)13)3-6(2-4)9(14)15;/h1-2H,(H,10,11)(H,12,13)(H,14,15);/q-1;. The maximum absolute atomic E-state index is 10.6. The van der Waals surface area contributed by atoms with Crippen LogP contribution in [0.25, 0.3) is 0 Å². The number of hydrogen-bond acceptors (Lipinski definition) is 3. The fourth-order valence-electron chi connectivity index (χ4n) is 0.924. The van der Waals surface area contributed by atoms with Crippen LogP contribution in [0.4, 0.5) is 0 Å². The van der Waals surface area contributed by atoms with E-state index in [4.69, 9.17) is 15.3 Å². The van der Waals surface area contributed by atoms with Crippen molar-refractivity contribution in [1.82, 2.24) is 0 Å². The maximum atomic E-state index is 10.6. The molecule has 0 amide bonds. The van der Waals surface area contributed by atoms with Crippen LogP contribution in [0.5, 0.6) is 0 Å². The van der Waals surface area contributed by atoms with Crippen LogP contribution in [0.1, 0.15) is 31.1 Å². The van der Waals surface area contributed by atoms with Gasteiger partial charge in [0.2, 0.25) is 0 Å². The summed E-state index contributed by atoms with van der Waals surface area (Å²) in [6.45, 7) is 0. The Morgan fingerprint density at radius 2 is 1.25 bits per heavy atom. The van der Waals surface area contributed by atoms with Gasteiger partial charge in [-0.3, -0.25) is 9.59 Å². The molecule has 0 aliphatic rings. The number of aromatic carboxylic acids is 3. The summed E-state index contributed by atoms with van der Waals surface area (Å²) in [7, 11) is 0. The zero-order chi connectivity index (χ0) is 11.6. The van der Waals surface area contributed by atoms with E-state index in [0.29, 0.717) is 0 Å². The summed E-state index contributed by atoms with van der Waals surface area (Å²) in [5.74, 6) is -4.25. The van der Waals surface area contributed by atoms with E-state index in [1.54, 1.807) is 0 Å². The van der Waals surface area contributed by atoms with Crippen molar-refractivity contribution in [3.05, 3.63) is 34.9 Å². The zero-order valence-corrected chi connectivity index (χ0v) is 9.64. The van der Waals surface area contributed by atoms with Crippen LogP contribution in [-0.2, 0) is 21.1 Å². The molecular formula is C9H5MoO6-. The molecule has 0 aliphatic carbocycles. The van der Waals surface area contributed by atoms with E-state index >= 15 is 0 Å². The van der Waals surface area contributed by atoms with Crippen molar-refractivity contribution in [2.45, 2.75) is 0 Å². The Morgan fingerprint density at radius 3 is 1.50 bits per heavy atom. The molecule has 0 heterocycles. The van der Waals surface area contributed by atoms with E-state index in [1.165, 1.54) is 0 Å². The molecule has 0 aliphatic heterocycles. The Labute approximate surface area is 104 Å². The zero-order valence-electron chi connectivity index (χ0n) is 7.63. The van der Waals surface area contributed by atoms with E-state index in [-0.39, 0.29) is 21.1 Å². The van der Waals surface area contributed by atoms with Crippen molar-refractivity contribution in [1.29, 1.82) is 0 Å². The second-order valence-electron chi connectivity index (χ2n) is 2.61. The molecule has 3 N–H and O–H groups in total. The van der Waals surface area contributed by atoms with E-state index in [9.17, 15) is 14.4 Å². The van der Waals surface area contributed by atoms with Gasteiger partial charge < -0.3 is 15.3 Å². The minimum absolute atomic E-state index is 0. The van der Waals surface area contributed by atoms with Crippen molar-refractivity contribution in [3.8, 4) is 0 Å². The third kappa shape index (κ3) is 3.17. The van der Waals surface area contributed by atoms with E-state index < -0.39 is 34.6 Å². The molecule has 0 unspecified atom stereocenters. The van der Waals surface area contributed by atoms with Crippen molar-refractivity contribution >= 4 is 17.9 Å². The third-order valence-corrected chi connectivity index (χ3v) is 1.58. The first-order valence-corrected chi connectivity index (χ1v) is 3.69. The summed E-state index contributed by atoms with van der Waals surface area (Å²) in [5.41, 5.74) is -1.39. The Balaban J connectivity index is 0.00000225. The first kappa shape index (κ1) is 14.3.